The van der Waals surface area contributed by atoms with E-state index < -0.39 is 0 Å². The fraction of sp³-hybridized carbons (Fsp3) is 0.724. The van der Waals surface area contributed by atoms with Gasteiger partial charge in [-0.3, -0.25) is 4.79 Å². The van der Waals surface area contributed by atoms with E-state index >= 15 is 0 Å². The first-order valence-electron chi connectivity index (χ1n) is 14.0. The zero-order valence-electron chi connectivity index (χ0n) is 21.1. The minimum atomic E-state index is 0.227. The molecule has 0 atom stereocenters. The molecule has 1 fully saturated rings. The Kier molecular flexibility index (Phi) is 11.8. The molecule has 4 heteroatoms. The number of hydrogen-bond donors (Lipinski definition) is 1. The molecule has 0 saturated heterocycles. The molecule has 0 bridgehead atoms. The van der Waals surface area contributed by atoms with Gasteiger partial charge in [-0.25, -0.2) is 4.98 Å². The number of fused-ring (bicyclic) bond motifs is 1. The van der Waals surface area contributed by atoms with E-state index in [1.54, 1.807) is 0 Å². The van der Waals surface area contributed by atoms with Gasteiger partial charge in [-0.15, -0.1) is 0 Å². The van der Waals surface area contributed by atoms with Gasteiger partial charge in [0.15, 0.2) is 0 Å². The molecule has 1 aromatic heterocycles. The van der Waals surface area contributed by atoms with Crippen molar-refractivity contribution in [3.05, 3.63) is 30.1 Å². The van der Waals surface area contributed by atoms with Gasteiger partial charge in [-0.1, -0.05) is 103 Å². The summed E-state index contributed by atoms with van der Waals surface area (Å²) in [5.74, 6) is 1.62. The van der Waals surface area contributed by atoms with Crippen LogP contribution in [0.1, 0.15) is 115 Å². The van der Waals surface area contributed by atoms with Crippen LogP contribution >= 0.6 is 0 Å². The molecule has 1 aromatic carbocycles. The molecule has 1 aliphatic carbocycles. The second-order valence-electron chi connectivity index (χ2n) is 10.1. The second-order valence-corrected chi connectivity index (χ2v) is 10.1. The van der Waals surface area contributed by atoms with Crippen molar-refractivity contribution in [2.24, 2.45) is 5.92 Å². The zero-order chi connectivity index (χ0) is 23.1. The first kappa shape index (κ1) is 25.8. The maximum Gasteiger partial charge on any atom is 0.223 e. The molecular weight excluding hydrogens is 406 g/mol. The van der Waals surface area contributed by atoms with Crippen LogP contribution in [0.25, 0.3) is 11.0 Å². The van der Waals surface area contributed by atoms with Crippen molar-refractivity contribution in [1.82, 2.24) is 14.9 Å². The van der Waals surface area contributed by atoms with Crippen LogP contribution in [0.2, 0.25) is 0 Å². The van der Waals surface area contributed by atoms with Crippen molar-refractivity contribution in [3.8, 4) is 0 Å². The fourth-order valence-corrected chi connectivity index (χ4v) is 4.82. The molecular formula is C29H47N3O. The molecule has 1 amide bonds. The van der Waals surface area contributed by atoms with Gasteiger partial charge in [-0.2, -0.15) is 0 Å². The third-order valence-electron chi connectivity index (χ3n) is 7.06. The number of imidazole rings is 1. The van der Waals surface area contributed by atoms with Gasteiger partial charge in [0.25, 0.3) is 0 Å². The summed E-state index contributed by atoms with van der Waals surface area (Å²) >= 11 is 0. The van der Waals surface area contributed by atoms with Crippen LogP contribution in [0.3, 0.4) is 0 Å². The molecule has 4 nitrogen and oxygen atoms in total. The van der Waals surface area contributed by atoms with Crippen molar-refractivity contribution in [2.75, 3.05) is 6.54 Å². The highest BCUT2D eigenvalue weighted by Crippen LogP contribution is 2.28. The average Bonchev–Trinajstić information content (AvgIpc) is 3.62. The zero-order valence-corrected chi connectivity index (χ0v) is 21.1. The van der Waals surface area contributed by atoms with Crippen LogP contribution in [0.15, 0.2) is 24.3 Å². The molecule has 1 N–H and O–H groups in total. The van der Waals surface area contributed by atoms with Gasteiger partial charge in [0, 0.05) is 25.4 Å². The number of carbonyl (C=O) groups excluding carboxylic acids is 1. The van der Waals surface area contributed by atoms with E-state index in [0.717, 1.165) is 37.1 Å². The lowest BCUT2D eigenvalue weighted by molar-refractivity contribution is -0.122. The van der Waals surface area contributed by atoms with Gasteiger partial charge >= 0.3 is 0 Å². The highest BCUT2D eigenvalue weighted by molar-refractivity contribution is 5.80. The summed E-state index contributed by atoms with van der Waals surface area (Å²) in [7, 11) is 0. The first-order chi connectivity index (χ1) is 16.3. The minimum Gasteiger partial charge on any atom is -0.355 e. The topological polar surface area (TPSA) is 46.9 Å². The Hall–Kier alpha value is -1.84. The molecule has 0 unspecified atom stereocenters. The van der Waals surface area contributed by atoms with E-state index in [2.05, 4.69) is 41.1 Å². The monoisotopic (exact) mass is 453 g/mol. The predicted octanol–water partition coefficient (Wildman–Crippen LogP) is 7.59. The van der Waals surface area contributed by atoms with E-state index in [1.165, 1.54) is 95.4 Å². The SMILES string of the molecule is CCCCCCCCCCCCCCCCn1c(CCNC(=O)C2CC2)nc2ccccc21. The van der Waals surface area contributed by atoms with Crippen molar-refractivity contribution >= 4 is 16.9 Å². The van der Waals surface area contributed by atoms with Gasteiger partial charge < -0.3 is 9.88 Å². The van der Waals surface area contributed by atoms with Crippen LogP contribution in [0, 0.1) is 5.92 Å². The maximum absolute atomic E-state index is 11.9. The van der Waals surface area contributed by atoms with E-state index in [0.29, 0.717) is 6.54 Å². The number of unbranched alkanes of at least 4 members (excludes halogenated alkanes) is 13. The van der Waals surface area contributed by atoms with Crippen molar-refractivity contribution in [3.63, 3.8) is 0 Å². The number of hydrogen-bond acceptors (Lipinski definition) is 2. The van der Waals surface area contributed by atoms with E-state index in [4.69, 9.17) is 4.98 Å². The summed E-state index contributed by atoms with van der Waals surface area (Å²) in [5, 5.41) is 3.09. The summed E-state index contributed by atoms with van der Waals surface area (Å²) in [6, 6.07) is 8.44. The second kappa shape index (κ2) is 15.1. The molecule has 184 valence electrons. The fourth-order valence-electron chi connectivity index (χ4n) is 4.82. The number of nitrogens with zero attached hydrogens (tertiary/aromatic N) is 2. The molecule has 0 radical (unpaired) electrons. The number of aromatic nitrogens is 2. The molecule has 2 aromatic rings. The molecule has 1 heterocycles. The Balaban J connectivity index is 1.27. The summed E-state index contributed by atoms with van der Waals surface area (Å²) in [5.41, 5.74) is 2.31. The summed E-state index contributed by atoms with van der Waals surface area (Å²) in [4.78, 5) is 16.8. The Morgan fingerprint density at radius 3 is 2.06 bits per heavy atom. The van der Waals surface area contributed by atoms with Gasteiger partial charge in [0.1, 0.15) is 5.82 Å². The van der Waals surface area contributed by atoms with Crippen LogP contribution in [0.5, 0.6) is 0 Å². The molecule has 3 rings (SSSR count). The number of benzene rings is 1. The Morgan fingerprint density at radius 2 is 1.45 bits per heavy atom. The highest BCUT2D eigenvalue weighted by atomic mass is 16.2. The predicted molar refractivity (Wildman–Crippen MR) is 139 cm³/mol. The lowest BCUT2D eigenvalue weighted by Gasteiger charge is -2.10. The number of carbonyl (C=O) groups is 1. The Bertz CT molecular complexity index is 808. The normalized spacial score (nSPS) is 13.6. The van der Waals surface area contributed by atoms with Crippen LogP contribution in [-0.4, -0.2) is 22.0 Å². The van der Waals surface area contributed by atoms with E-state index in [1.807, 2.05) is 0 Å². The smallest absolute Gasteiger partial charge is 0.223 e. The lowest BCUT2D eigenvalue weighted by Crippen LogP contribution is -2.27. The molecule has 0 spiro atoms. The first-order valence-corrected chi connectivity index (χ1v) is 14.0. The van der Waals surface area contributed by atoms with Crippen molar-refractivity contribution < 1.29 is 4.79 Å². The van der Waals surface area contributed by atoms with Crippen LogP contribution < -0.4 is 5.32 Å². The molecule has 0 aliphatic heterocycles. The highest BCUT2D eigenvalue weighted by Gasteiger charge is 2.29. The van der Waals surface area contributed by atoms with Gasteiger partial charge in [0.05, 0.1) is 11.0 Å². The Morgan fingerprint density at radius 1 is 0.879 bits per heavy atom. The largest absolute Gasteiger partial charge is 0.355 e. The molecule has 1 aliphatic rings. The van der Waals surface area contributed by atoms with Crippen LogP contribution in [0.4, 0.5) is 0 Å². The third kappa shape index (κ3) is 9.51. The van der Waals surface area contributed by atoms with Gasteiger partial charge in [-0.05, 0) is 31.4 Å². The van der Waals surface area contributed by atoms with Crippen LogP contribution in [-0.2, 0) is 17.8 Å². The minimum absolute atomic E-state index is 0.227. The van der Waals surface area contributed by atoms with Gasteiger partial charge in [0.2, 0.25) is 5.91 Å². The number of nitrogens with one attached hydrogen (secondary N) is 1. The van der Waals surface area contributed by atoms with Crippen molar-refractivity contribution in [2.45, 2.75) is 123 Å². The number of rotatable bonds is 19. The maximum atomic E-state index is 11.9. The summed E-state index contributed by atoms with van der Waals surface area (Å²) < 4.78 is 2.39. The molecule has 33 heavy (non-hydrogen) atoms. The van der Waals surface area contributed by atoms with Crippen molar-refractivity contribution in [1.29, 1.82) is 0 Å². The number of para-hydroxylation sites is 2. The lowest BCUT2D eigenvalue weighted by atomic mass is 10.0. The Labute approximate surface area is 201 Å². The average molecular weight is 454 g/mol. The van der Waals surface area contributed by atoms with E-state index in [-0.39, 0.29) is 11.8 Å². The van der Waals surface area contributed by atoms with E-state index in [9.17, 15) is 4.79 Å². The standard InChI is InChI=1S/C29H47N3O/c1-2-3-4-5-6-7-8-9-10-11-12-13-14-17-24-32-27-19-16-15-18-26(27)31-28(32)22-23-30-29(33)25-20-21-25/h15-16,18-19,25H,2-14,17,20-24H2,1H3,(H,30,33). The molecule has 1 saturated carbocycles. The third-order valence-corrected chi connectivity index (χ3v) is 7.06. The number of amides is 1. The number of aryl methyl sites for hydroxylation is 1. The summed E-state index contributed by atoms with van der Waals surface area (Å²) in [6.45, 7) is 4.01. The summed E-state index contributed by atoms with van der Waals surface area (Å²) in [6.07, 6.45) is 22.3. The quantitative estimate of drug-likeness (QED) is 0.223.